The van der Waals surface area contributed by atoms with Crippen LogP contribution >= 0.6 is 15.9 Å². The second-order valence-electron chi connectivity index (χ2n) is 4.92. The summed E-state index contributed by atoms with van der Waals surface area (Å²) < 4.78 is 0.989. The monoisotopic (exact) mass is 334 g/mol. The number of hydrogen-bond donors (Lipinski definition) is 0. The summed E-state index contributed by atoms with van der Waals surface area (Å²) in [6, 6.07) is 7.53. The third-order valence-corrected chi connectivity index (χ3v) is 4.42. The van der Waals surface area contributed by atoms with Gasteiger partial charge < -0.3 is 4.90 Å². The van der Waals surface area contributed by atoms with Crippen LogP contribution in [0, 0.1) is 24.2 Å². The molecule has 1 aromatic rings. The molecule has 0 aromatic heterocycles. The van der Waals surface area contributed by atoms with Crippen LogP contribution in [0.5, 0.6) is 0 Å². The van der Waals surface area contributed by atoms with Gasteiger partial charge in [0.1, 0.15) is 0 Å². The van der Waals surface area contributed by atoms with Crippen molar-refractivity contribution in [3.8, 4) is 6.07 Å². The number of halogens is 1. The highest BCUT2D eigenvalue weighted by atomic mass is 79.9. The third-order valence-electron chi connectivity index (χ3n) is 3.53. The normalized spacial score (nSPS) is 18.8. The summed E-state index contributed by atoms with van der Waals surface area (Å²) in [5.74, 6) is -1.11. The SMILES string of the molecule is Cc1cc(N2CCC[C@H](C(=O)CC#N)C2=O)ccc1Br. The molecule has 0 aliphatic carbocycles. The highest BCUT2D eigenvalue weighted by Crippen LogP contribution is 2.28. The molecule has 4 nitrogen and oxygen atoms in total. The quantitative estimate of drug-likeness (QED) is 0.798. The number of benzene rings is 1. The van der Waals surface area contributed by atoms with Crippen LogP contribution in [0.1, 0.15) is 24.8 Å². The maximum atomic E-state index is 12.4. The topological polar surface area (TPSA) is 61.2 Å². The number of carbonyl (C=O) groups excluding carboxylic acids is 2. The van der Waals surface area contributed by atoms with E-state index in [-0.39, 0.29) is 18.1 Å². The number of rotatable bonds is 3. The minimum atomic E-state index is -0.660. The number of Topliss-reactive ketones (excluding diaryl/α,β-unsaturated/α-hetero) is 1. The Morgan fingerprint density at radius 2 is 2.30 bits per heavy atom. The molecular formula is C15H15BrN2O2. The molecule has 0 unspecified atom stereocenters. The lowest BCUT2D eigenvalue weighted by Crippen LogP contribution is -2.44. The number of aryl methyl sites for hydroxylation is 1. The molecule has 1 saturated heterocycles. The predicted molar refractivity (Wildman–Crippen MR) is 79.2 cm³/mol. The van der Waals surface area contributed by atoms with Gasteiger partial charge in [0.2, 0.25) is 5.91 Å². The Kier molecular flexibility index (Phi) is 4.56. The van der Waals surface area contributed by atoms with E-state index < -0.39 is 5.92 Å². The first-order valence-corrected chi connectivity index (χ1v) is 7.31. The summed E-state index contributed by atoms with van der Waals surface area (Å²) in [6.45, 7) is 2.58. The van der Waals surface area contributed by atoms with E-state index in [2.05, 4.69) is 15.9 Å². The average Bonchev–Trinajstić information content (AvgIpc) is 2.42. The van der Waals surface area contributed by atoms with E-state index in [0.717, 1.165) is 22.1 Å². The van der Waals surface area contributed by atoms with E-state index >= 15 is 0 Å². The van der Waals surface area contributed by atoms with Crippen LogP contribution in [0.3, 0.4) is 0 Å². The lowest BCUT2D eigenvalue weighted by Gasteiger charge is -2.31. The van der Waals surface area contributed by atoms with Gasteiger partial charge in [-0.3, -0.25) is 9.59 Å². The molecule has 20 heavy (non-hydrogen) atoms. The number of amides is 1. The Morgan fingerprint density at radius 3 is 2.95 bits per heavy atom. The molecule has 5 heteroatoms. The fraction of sp³-hybridized carbons (Fsp3) is 0.400. The van der Waals surface area contributed by atoms with Crippen molar-refractivity contribution in [2.24, 2.45) is 5.92 Å². The van der Waals surface area contributed by atoms with Crippen molar-refractivity contribution < 1.29 is 9.59 Å². The Hall–Kier alpha value is -1.67. The molecule has 1 fully saturated rings. The maximum Gasteiger partial charge on any atom is 0.237 e. The fourth-order valence-corrected chi connectivity index (χ4v) is 2.67. The molecule has 0 saturated carbocycles. The van der Waals surface area contributed by atoms with Crippen molar-refractivity contribution >= 4 is 33.3 Å². The van der Waals surface area contributed by atoms with Crippen LogP contribution in [-0.2, 0) is 9.59 Å². The molecule has 1 aliphatic rings. The summed E-state index contributed by atoms with van der Waals surface area (Å²) >= 11 is 3.43. The zero-order valence-corrected chi connectivity index (χ0v) is 12.8. The van der Waals surface area contributed by atoms with Gasteiger partial charge in [-0.2, -0.15) is 5.26 Å². The van der Waals surface area contributed by atoms with Gasteiger partial charge in [-0.25, -0.2) is 0 Å². The van der Waals surface area contributed by atoms with Crippen molar-refractivity contribution in [2.75, 3.05) is 11.4 Å². The van der Waals surface area contributed by atoms with Gasteiger partial charge in [0.05, 0.1) is 18.4 Å². The summed E-state index contributed by atoms with van der Waals surface area (Å²) in [7, 11) is 0. The molecule has 0 radical (unpaired) electrons. The lowest BCUT2D eigenvalue weighted by molar-refractivity contribution is -0.133. The van der Waals surface area contributed by atoms with Gasteiger partial charge in [-0.15, -0.1) is 0 Å². The standard InChI is InChI=1S/C15H15BrN2O2/c1-10-9-11(4-5-13(10)16)18-8-2-3-12(15(18)20)14(19)6-7-17/h4-5,9,12H,2-3,6,8H2,1H3/t12-/m1/s1. The predicted octanol–water partition coefficient (Wildman–Crippen LogP) is 2.98. The molecule has 104 valence electrons. The third kappa shape index (κ3) is 2.91. The van der Waals surface area contributed by atoms with Gasteiger partial charge >= 0.3 is 0 Å². The minimum Gasteiger partial charge on any atom is -0.312 e. The summed E-state index contributed by atoms with van der Waals surface area (Å²) in [5.41, 5.74) is 1.85. The number of piperidine rings is 1. The van der Waals surface area contributed by atoms with E-state index in [9.17, 15) is 9.59 Å². The first-order chi connectivity index (χ1) is 9.54. The van der Waals surface area contributed by atoms with Crippen molar-refractivity contribution in [3.63, 3.8) is 0 Å². The van der Waals surface area contributed by atoms with Crippen LogP contribution < -0.4 is 4.90 Å². The largest absolute Gasteiger partial charge is 0.312 e. The summed E-state index contributed by atoms with van der Waals surface area (Å²) in [5, 5.41) is 8.60. The highest BCUT2D eigenvalue weighted by molar-refractivity contribution is 9.10. The highest BCUT2D eigenvalue weighted by Gasteiger charge is 2.34. The second-order valence-corrected chi connectivity index (χ2v) is 5.77. The molecule has 2 rings (SSSR count). The Bertz CT molecular complexity index is 592. The second kappa shape index (κ2) is 6.19. The van der Waals surface area contributed by atoms with Crippen molar-refractivity contribution in [1.29, 1.82) is 5.26 Å². The number of nitriles is 1. The zero-order chi connectivity index (χ0) is 14.7. The van der Waals surface area contributed by atoms with Crippen LogP contribution in [0.25, 0.3) is 0 Å². The van der Waals surface area contributed by atoms with Gasteiger partial charge in [-0.05, 0) is 43.5 Å². The van der Waals surface area contributed by atoms with Crippen LogP contribution in [0.2, 0.25) is 0 Å². The van der Waals surface area contributed by atoms with E-state index in [4.69, 9.17) is 5.26 Å². The fourth-order valence-electron chi connectivity index (χ4n) is 2.43. The van der Waals surface area contributed by atoms with Crippen molar-refractivity contribution in [3.05, 3.63) is 28.2 Å². The number of carbonyl (C=O) groups is 2. The molecule has 1 aliphatic heterocycles. The number of ketones is 1. The van der Waals surface area contributed by atoms with Crippen molar-refractivity contribution in [2.45, 2.75) is 26.2 Å². The van der Waals surface area contributed by atoms with Crippen molar-refractivity contribution in [1.82, 2.24) is 0 Å². The molecule has 0 N–H and O–H groups in total. The van der Waals surface area contributed by atoms with E-state index in [1.54, 1.807) is 4.90 Å². The summed E-state index contributed by atoms with van der Waals surface area (Å²) in [4.78, 5) is 25.9. The smallest absolute Gasteiger partial charge is 0.237 e. The minimum absolute atomic E-state index is 0.182. The Morgan fingerprint density at radius 1 is 1.55 bits per heavy atom. The molecule has 1 aromatic carbocycles. The van der Waals surface area contributed by atoms with Crippen LogP contribution in [0.4, 0.5) is 5.69 Å². The van der Waals surface area contributed by atoms with Gasteiger partial charge in [0, 0.05) is 16.7 Å². The molecule has 1 atom stereocenters. The summed E-state index contributed by atoms with van der Waals surface area (Å²) in [6.07, 6.45) is 1.14. The first-order valence-electron chi connectivity index (χ1n) is 6.52. The number of anilines is 1. The van der Waals surface area contributed by atoms with Gasteiger partial charge in [0.25, 0.3) is 0 Å². The zero-order valence-electron chi connectivity index (χ0n) is 11.2. The Balaban J connectivity index is 2.24. The average molecular weight is 335 g/mol. The van der Waals surface area contributed by atoms with Gasteiger partial charge in [0.15, 0.2) is 5.78 Å². The lowest BCUT2D eigenvalue weighted by atomic mass is 9.91. The maximum absolute atomic E-state index is 12.4. The Labute approximate surface area is 126 Å². The van der Waals surface area contributed by atoms with E-state index in [0.29, 0.717) is 13.0 Å². The molecule has 1 heterocycles. The molecular weight excluding hydrogens is 320 g/mol. The molecule has 1 amide bonds. The first kappa shape index (κ1) is 14.7. The van der Waals surface area contributed by atoms with E-state index in [1.165, 1.54) is 0 Å². The van der Waals surface area contributed by atoms with Gasteiger partial charge in [-0.1, -0.05) is 15.9 Å². The van der Waals surface area contributed by atoms with Crippen LogP contribution in [0.15, 0.2) is 22.7 Å². The molecule has 0 bridgehead atoms. The van der Waals surface area contributed by atoms with E-state index in [1.807, 2.05) is 31.2 Å². The number of hydrogen-bond acceptors (Lipinski definition) is 3. The number of nitrogens with zero attached hydrogens (tertiary/aromatic N) is 2. The molecule has 0 spiro atoms. The van der Waals surface area contributed by atoms with Crippen LogP contribution in [-0.4, -0.2) is 18.2 Å².